The third-order valence-corrected chi connectivity index (χ3v) is 3.99. The molecule has 0 bridgehead atoms. The largest absolute Gasteiger partial charge is 0.285 e. The first kappa shape index (κ1) is 9.89. The van der Waals surface area contributed by atoms with Crippen molar-refractivity contribution in [2.24, 2.45) is 0 Å². The minimum absolute atomic E-state index is 0.000833. The van der Waals surface area contributed by atoms with E-state index in [0.29, 0.717) is 9.50 Å². The molecule has 72 valence electrons. The van der Waals surface area contributed by atoms with Gasteiger partial charge in [0, 0.05) is 11.5 Å². The number of halogens is 2. The Morgan fingerprint density at radius 3 is 2.93 bits per heavy atom. The molecule has 3 nitrogen and oxygen atoms in total. The predicted octanol–water partition coefficient (Wildman–Crippen LogP) is 4.23. The van der Waals surface area contributed by atoms with Crippen LogP contribution in [0.5, 0.6) is 0 Å². The Balaban J connectivity index is 2.88. The molecule has 0 saturated carbocycles. The molecule has 0 aliphatic rings. The lowest BCUT2D eigenvalue weighted by molar-refractivity contribution is -0.385. The van der Waals surface area contributed by atoms with Crippen molar-refractivity contribution in [3.63, 3.8) is 0 Å². The molecule has 0 aliphatic carbocycles. The average Bonchev–Trinajstić information content (AvgIpc) is 2.59. The van der Waals surface area contributed by atoms with E-state index in [4.69, 9.17) is 11.6 Å². The summed E-state index contributed by atoms with van der Waals surface area (Å²) in [6, 6.07) is 3.17. The second-order valence-electron chi connectivity index (χ2n) is 2.61. The van der Waals surface area contributed by atoms with E-state index in [9.17, 15) is 10.1 Å². The highest BCUT2D eigenvalue weighted by Gasteiger charge is 2.17. The van der Waals surface area contributed by atoms with Gasteiger partial charge in [-0.15, -0.1) is 11.3 Å². The minimum Gasteiger partial charge on any atom is -0.258 e. The van der Waals surface area contributed by atoms with Gasteiger partial charge in [-0.3, -0.25) is 10.1 Å². The predicted molar refractivity (Wildman–Crippen MR) is 61.2 cm³/mol. The molecule has 2 rings (SSSR count). The molecule has 2 aromatic rings. The summed E-state index contributed by atoms with van der Waals surface area (Å²) in [5, 5.41) is 13.7. The molecule has 0 spiro atoms. The number of hydrogen-bond donors (Lipinski definition) is 0. The van der Waals surface area contributed by atoms with E-state index in [1.807, 2.05) is 11.4 Å². The van der Waals surface area contributed by atoms with Crippen LogP contribution in [0.4, 0.5) is 5.69 Å². The zero-order valence-corrected chi connectivity index (χ0v) is 9.82. The van der Waals surface area contributed by atoms with Crippen LogP contribution in [0.1, 0.15) is 0 Å². The van der Waals surface area contributed by atoms with Crippen molar-refractivity contribution in [1.82, 2.24) is 0 Å². The molecule has 1 aromatic carbocycles. The maximum absolute atomic E-state index is 10.7. The number of nitro groups is 1. The molecule has 0 N–H and O–H groups in total. The second-order valence-corrected chi connectivity index (χ2v) is 4.73. The van der Waals surface area contributed by atoms with Gasteiger partial charge in [0.05, 0.1) is 14.6 Å². The number of nitro benzene ring substituents is 1. The van der Waals surface area contributed by atoms with E-state index in [2.05, 4.69) is 15.9 Å². The molecule has 0 aliphatic heterocycles. The van der Waals surface area contributed by atoms with Crippen LogP contribution in [-0.2, 0) is 0 Å². The van der Waals surface area contributed by atoms with Crippen LogP contribution in [0.2, 0.25) is 5.02 Å². The zero-order valence-electron chi connectivity index (χ0n) is 6.66. The van der Waals surface area contributed by atoms with Gasteiger partial charge in [-0.05, 0) is 27.4 Å². The summed E-state index contributed by atoms with van der Waals surface area (Å²) in [6.45, 7) is 0. The molecule has 0 amide bonds. The van der Waals surface area contributed by atoms with Crippen LogP contribution in [0.15, 0.2) is 22.0 Å². The summed E-state index contributed by atoms with van der Waals surface area (Å²) in [7, 11) is 0. The normalized spacial score (nSPS) is 10.7. The van der Waals surface area contributed by atoms with Gasteiger partial charge in [-0.25, -0.2) is 0 Å². The summed E-state index contributed by atoms with van der Waals surface area (Å²) >= 11 is 10.6. The van der Waals surface area contributed by atoms with Gasteiger partial charge < -0.3 is 0 Å². The summed E-state index contributed by atoms with van der Waals surface area (Å²) in [5.74, 6) is 0. The number of thiophene rings is 1. The molecule has 1 aromatic heterocycles. The third kappa shape index (κ3) is 1.41. The first-order chi connectivity index (χ1) is 6.61. The summed E-state index contributed by atoms with van der Waals surface area (Å²) < 4.78 is 1.35. The number of hydrogen-bond acceptors (Lipinski definition) is 3. The molecule has 0 unspecified atom stereocenters. The van der Waals surface area contributed by atoms with Crippen molar-refractivity contribution in [1.29, 1.82) is 0 Å². The van der Waals surface area contributed by atoms with E-state index >= 15 is 0 Å². The molecule has 14 heavy (non-hydrogen) atoms. The van der Waals surface area contributed by atoms with E-state index in [0.717, 1.165) is 10.1 Å². The maximum Gasteiger partial charge on any atom is 0.285 e. The van der Waals surface area contributed by atoms with E-state index in [1.54, 1.807) is 0 Å². The van der Waals surface area contributed by atoms with Gasteiger partial charge in [0.25, 0.3) is 5.69 Å². The fourth-order valence-corrected chi connectivity index (χ4v) is 3.06. The average molecular weight is 293 g/mol. The van der Waals surface area contributed by atoms with E-state index < -0.39 is 4.92 Å². The standard InChI is InChI=1S/C8H3BrClNO2S/c9-7-4-1-2-14-8(4)5(10)3-6(7)11(12)13/h1-3H. The molecular weight excluding hydrogens is 290 g/mol. The SMILES string of the molecule is O=[N+]([O-])c1cc(Cl)c2sccc2c1Br. The topological polar surface area (TPSA) is 43.1 Å². The molecule has 0 saturated heterocycles. The van der Waals surface area contributed by atoms with Crippen molar-refractivity contribution in [3.8, 4) is 0 Å². The van der Waals surface area contributed by atoms with Gasteiger partial charge in [-0.1, -0.05) is 11.6 Å². The lowest BCUT2D eigenvalue weighted by atomic mass is 10.2. The molecular formula is C8H3BrClNO2S. The Morgan fingerprint density at radius 2 is 2.29 bits per heavy atom. The van der Waals surface area contributed by atoms with Crippen molar-refractivity contribution in [3.05, 3.63) is 37.1 Å². The quantitative estimate of drug-likeness (QED) is 0.583. The van der Waals surface area contributed by atoms with E-state index in [1.165, 1.54) is 17.4 Å². The van der Waals surface area contributed by atoms with Crippen molar-refractivity contribution < 1.29 is 4.92 Å². The Bertz CT molecular complexity index is 525. The second kappa shape index (κ2) is 3.49. The molecule has 1 heterocycles. The molecule has 0 radical (unpaired) electrons. The number of fused-ring (bicyclic) bond motifs is 1. The Morgan fingerprint density at radius 1 is 1.57 bits per heavy atom. The first-order valence-electron chi connectivity index (χ1n) is 3.61. The van der Waals surface area contributed by atoms with Gasteiger partial charge in [0.2, 0.25) is 0 Å². The lowest BCUT2D eigenvalue weighted by Crippen LogP contribution is -1.89. The van der Waals surface area contributed by atoms with Crippen LogP contribution in [0, 0.1) is 10.1 Å². The number of nitrogens with zero attached hydrogens (tertiary/aromatic N) is 1. The van der Waals surface area contributed by atoms with Crippen molar-refractivity contribution in [2.45, 2.75) is 0 Å². The van der Waals surface area contributed by atoms with Gasteiger partial charge in [0.1, 0.15) is 4.47 Å². The minimum atomic E-state index is -0.451. The molecule has 6 heteroatoms. The number of benzene rings is 1. The highest BCUT2D eigenvalue weighted by molar-refractivity contribution is 9.10. The van der Waals surface area contributed by atoms with Crippen LogP contribution in [0.3, 0.4) is 0 Å². The summed E-state index contributed by atoms with van der Waals surface area (Å²) in [6.07, 6.45) is 0. The third-order valence-electron chi connectivity index (χ3n) is 1.80. The van der Waals surface area contributed by atoms with Crippen molar-refractivity contribution >= 4 is 54.6 Å². The Hall–Kier alpha value is -0.650. The van der Waals surface area contributed by atoms with Gasteiger partial charge >= 0.3 is 0 Å². The van der Waals surface area contributed by atoms with Gasteiger partial charge in [0.15, 0.2) is 0 Å². The molecule has 0 atom stereocenters. The molecule has 0 fully saturated rings. The Kier molecular flexibility index (Phi) is 2.47. The van der Waals surface area contributed by atoms with Crippen LogP contribution in [-0.4, -0.2) is 4.92 Å². The van der Waals surface area contributed by atoms with Crippen molar-refractivity contribution in [2.75, 3.05) is 0 Å². The summed E-state index contributed by atoms with van der Waals surface area (Å²) in [5.41, 5.74) is 0.000833. The fourth-order valence-electron chi connectivity index (χ4n) is 1.19. The number of rotatable bonds is 1. The fraction of sp³-hybridized carbons (Fsp3) is 0. The van der Waals surface area contributed by atoms with Crippen LogP contribution >= 0.6 is 38.9 Å². The van der Waals surface area contributed by atoms with Crippen LogP contribution < -0.4 is 0 Å². The summed E-state index contributed by atoms with van der Waals surface area (Å²) in [4.78, 5) is 10.2. The smallest absolute Gasteiger partial charge is 0.258 e. The van der Waals surface area contributed by atoms with Crippen LogP contribution in [0.25, 0.3) is 10.1 Å². The maximum atomic E-state index is 10.7. The Labute approximate surface area is 96.6 Å². The zero-order chi connectivity index (χ0) is 10.3. The lowest BCUT2D eigenvalue weighted by Gasteiger charge is -1.98. The monoisotopic (exact) mass is 291 g/mol. The highest BCUT2D eigenvalue weighted by Crippen LogP contribution is 2.40. The first-order valence-corrected chi connectivity index (χ1v) is 5.66. The van der Waals surface area contributed by atoms with Gasteiger partial charge in [-0.2, -0.15) is 0 Å². The van der Waals surface area contributed by atoms with E-state index in [-0.39, 0.29) is 5.69 Å². The highest BCUT2D eigenvalue weighted by atomic mass is 79.9.